The van der Waals surface area contributed by atoms with Crippen LogP contribution in [0.4, 0.5) is 5.82 Å². The number of aromatic nitrogens is 1. The predicted octanol–water partition coefficient (Wildman–Crippen LogP) is 4.58. The molecule has 1 aliphatic rings. The number of rotatable bonds is 7. The van der Waals surface area contributed by atoms with Gasteiger partial charge in [-0.3, -0.25) is 4.79 Å². The summed E-state index contributed by atoms with van der Waals surface area (Å²) < 4.78 is 39.3. The number of Topliss-reactive ketones (excluding diaryl/α,β-unsaturated/α-hetero) is 1. The number of hydrogen-bond acceptors (Lipinski definition) is 7. The number of nitrogen functional groups attached to an aromatic ring is 1. The predicted molar refractivity (Wildman–Crippen MR) is 142 cm³/mol. The van der Waals surface area contributed by atoms with Gasteiger partial charge < -0.3 is 15.2 Å². The number of carbonyl (C=O) groups excluding carboxylic acids is 1. The van der Waals surface area contributed by atoms with E-state index in [1.165, 1.54) is 13.2 Å². The van der Waals surface area contributed by atoms with Crippen LogP contribution in [0.25, 0.3) is 10.9 Å². The average Bonchev–Trinajstić information content (AvgIpc) is 3.35. The number of sulfone groups is 1. The molecule has 5 rings (SSSR count). The lowest BCUT2D eigenvalue weighted by Gasteiger charge is -2.29. The van der Waals surface area contributed by atoms with E-state index in [0.29, 0.717) is 28.6 Å². The molecule has 0 amide bonds. The zero-order valence-corrected chi connectivity index (χ0v) is 21.5. The molecule has 190 valence electrons. The third kappa shape index (κ3) is 4.58. The molecule has 0 bridgehead atoms. The maximum Gasteiger partial charge on any atom is 0.186 e. The number of pyridine rings is 1. The van der Waals surface area contributed by atoms with Crippen molar-refractivity contribution in [1.82, 2.24) is 4.98 Å². The van der Waals surface area contributed by atoms with Gasteiger partial charge in [0.15, 0.2) is 21.2 Å². The Bertz CT molecular complexity index is 1590. The monoisotopic (exact) mass is 516 g/mol. The highest BCUT2D eigenvalue weighted by molar-refractivity contribution is 7.92. The highest BCUT2D eigenvalue weighted by Gasteiger charge is 2.51. The van der Waals surface area contributed by atoms with Crippen LogP contribution in [0.3, 0.4) is 0 Å². The Balaban J connectivity index is 1.58. The number of hydrogen-bond donors (Lipinski definition) is 1. The normalized spacial score (nSPS) is 19.7. The number of ketones is 1. The van der Waals surface area contributed by atoms with Crippen molar-refractivity contribution < 1.29 is 22.7 Å². The molecular formula is C29H28N2O5S. The maximum absolute atomic E-state index is 14.1. The summed E-state index contributed by atoms with van der Waals surface area (Å²) in [6.45, 7) is 2.20. The first kappa shape index (κ1) is 24.9. The second kappa shape index (κ2) is 9.61. The fourth-order valence-corrected chi connectivity index (χ4v) is 6.62. The number of ether oxygens (including phenoxy) is 2. The van der Waals surface area contributed by atoms with Crippen LogP contribution in [0.2, 0.25) is 0 Å². The largest absolute Gasteiger partial charge is 0.496 e. The summed E-state index contributed by atoms with van der Waals surface area (Å²) in [5.41, 5.74) is 7.25. The van der Waals surface area contributed by atoms with E-state index < -0.39 is 27.0 Å². The molecule has 1 aromatic heterocycles. The molecule has 7 nitrogen and oxygen atoms in total. The quantitative estimate of drug-likeness (QED) is 0.383. The van der Waals surface area contributed by atoms with Crippen molar-refractivity contribution in [3.8, 4) is 5.75 Å². The number of benzene rings is 3. The lowest BCUT2D eigenvalue weighted by Crippen LogP contribution is -2.40. The van der Waals surface area contributed by atoms with E-state index in [2.05, 4.69) is 4.98 Å². The summed E-state index contributed by atoms with van der Waals surface area (Å²) in [4.78, 5) is 18.4. The van der Waals surface area contributed by atoms with E-state index in [-0.39, 0.29) is 23.2 Å². The van der Waals surface area contributed by atoms with E-state index in [4.69, 9.17) is 15.2 Å². The minimum Gasteiger partial charge on any atom is -0.496 e. The zero-order valence-electron chi connectivity index (χ0n) is 20.7. The number of fused-ring (bicyclic) bond motifs is 1. The summed E-state index contributed by atoms with van der Waals surface area (Å²) in [7, 11) is -2.52. The van der Waals surface area contributed by atoms with Crippen LogP contribution in [-0.2, 0) is 25.0 Å². The van der Waals surface area contributed by atoms with Crippen molar-refractivity contribution in [3.63, 3.8) is 0 Å². The Morgan fingerprint density at radius 3 is 2.62 bits per heavy atom. The number of carbonyl (C=O) groups is 1. The molecule has 2 N–H and O–H groups in total. The summed E-state index contributed by atoms with van der Waals surface area (Å²) in [6, 6.07) is 23.3. The van der Waals surface area contributed by atoms with Crippen LogP contribution in [0.1, 0.15) is 29.0 Å². The first-order valence-electron chi connectivity index (χ1n) is 12.0. The molecule has 4 aromatic rings. The first-order valence-corrected chi connectivity index (χ1v) is 13.6. The molecule has 0 aliphatic carbocycles. The molecule has 1 aliphatic heterocycles. The summed E-state index contributed by atoms with van der Waals surface area (Å²) in [6.07, 6.45) is 0.304. The topological polar surface area (TPSA) is 109 Å². The van der Waals surface area contributed by atoms with Gasteiger partial charge in [0.05, 0.1) is 24.1 Å². The van der Waals surface area contributed by atoms with E-state index in [1.807, 2.05) is 49.4 Å². The molecular weight excluding hydrogens is 488 g/mol. The summed E-state index contributed by atoms with van der Waals surface area (Å²) in [5, 5.41) is 0.418. The lowest BCUT2D eigenvalue weighted by atomic mass is 9.81. The van der Waals surface area contributed by atoms with Crippen LogP contribution in [0, 0.1) is 6.92 Å². The van der Waals surface area contributed by atoms with E-state index in [1.54, 1.807) is 30.3 Å². The SMILES string of the molecule is COc1ccc(C)cc1[C@@]1(C(=O)CS(=O)(=O)c2cccc3nc(N)ccc23)C[C@H](c2ccccc2)CO1. The number of nitrogens with two attached hydrogens (primary N) is 1. The van der Waals surface area contributed by atoms with Gasteiger partial charge in [-0.15, -0.1) is 0 Å². The van der Waals surface area contributed by atoms with Gasteiger partial charge in [-0.2, -0.15) is 0 Å². The van der Waals surface area contributed by atoms with Gasteiger partial charge >= 0.3 is 0 Å². The second-order valence-electron chi connectivity index (χ2n) is 9.39. The fraction of sp³-hybridized carbons (Fsp3) is 0.241. The van der Waals surface area contributed by atoms with Gasteiger partial charge in [0, 0.05) is 16.9 Å². The van der Waals surface area contributed by atoms with Gasteiger partial charge in [-0.25, -0.2) is 13.4 Å². The van der Waals surface area contributed by atoms with Crippen LogP contribution in [0.15, 0.2) is 83.8 Å². The second-order valence-corrected chi connectivity index (χ2v) is 11.4. The minimum absolute atomic E-state index is 0.0369. The van der Waals surface area contributed by atoms with Gasteiger partial charge in [-0.1, -0.05) is 48.0 Å². The van der Waals surface area contributed by atoms with Gasteiger partial charge in [0.1, 0.15) is 17.3 Å². The van der Waals surface area contributed by atoms with Crippen molar-refractivity contribution >= 4 is 32.3 Å². The third-order valence-corrected chi connectivity index (χ3v) is 8.61. The smallest absolute Gasteiger partial charge is 0.186 e. The van der Waals surface area contributed by atoms with Gasteiger partial charge in [0.2, 0.25) is 0 Å². The van der Waals surface area contributed by atoms with Crippen molar-refractivity contribution in [2.45, 2.75) is 29.8 Å². The molecule has 0 saturated carbocycles. The molecule has 0 spiro atoms. The van der Waals surface area contributed by atoms with Crippen LogP contribution in [-0.4, -0.2) is 38.7 Å². The highest BCUT2D eigenvalue weighted by Crippen LogP contribution is 2.47. The average molecular weight is 517 g/mol. The fourth-order valence-electron chi connectivity index (χ4n) is 5.10. The standard InChI is InChI=1S/C29H28N2O5S/c1-19-11-13-25(35-2)23(15-19)29(16-21(17-36-29)20-7-4-3-5-8-20)27(32)18-37(33,34)26-10-6-9-24-22(26)12-14-28(30)31-24/h3-15,21H,16-18H2,1-2H3,(H2,30,31)/t21-,29+/m0/s1. The minimum atomic E-state index is -4.05. The van der Waals surface area contributed by atoms with Crippen molar-refractivity contribution in [1.29, 1.82) is 0 Å². The summed E-state index contributed by atoms with van der Waals surface area (Å²) in [5.74, 6) is -0.572. The Morgan fingerprint density at radius 1 is 1.08 bits per heavy atom. The third-order valence-electron chi connectivity index (χ3n) is 6.95. The Labute approximate surface area is 216 Å². The van der Waals surface area contributed by atoms with Gasteiger partial charge in [-0.05, 0) is 55.3 Å². The number of anilines is 1. The van der Waals surface area contributed by atoms with Crippen LogP contribution >= 0.6 is 0 Å². The number of methoxy groups -OCH3 is 1. The maximum atomic E-state index is 14.1. The number of nitrogens with zero attached hydrogens (tertiary/aromatic N) is 1. The molecule has 37 heavy (non-hydrogen) atoms. The molecule has 0 radical (unpaired) electrons. The van der Waals surface area contributed by atoms with Crippen LogP contribution < -0.4 is 10.5 Å². The zero-order chi connectivity index (χ0) is 26.2. The molecule has 8 heteroatoms. The van der Waals surface area contributed by atoms with Crippen LogP contribution in [0.5, 0.6) is 5.75 Å². The Kier molecular flexibility index (Phi) is 6.47. The molecule has 2 heterocycles. The van der Waals surface area contributed by atoms with Crippen molar-refractivity contribution in [3.05, 3.63) is 95.6 Å². The molecule has 1 fully saturated rings. The van der Waals surface area contributed by atoms with E-state index in [9.17, 15) is 13.2 Å². The summed E-state index contributed by atoms with van der Waals surface area (Å²) >= 11 is 0. The molecule has 0 unspecified atom stereocenters. The van der Waals surface area contributed by atoms with E-state index in [0.717, 1.165) is 11.1 Å². The lowest BCUT2D eigenvalue weighted by molar-refractivity contribution is -0.137. The highest BCUT2D eigenvalue weighted by atomic mass is 32.2. The van der Waals surface area contributed by atoms with E-state index >= 15 is 0 Å². The van der Waals surface area contributed by atoms with Crippen molar-refractivity contribution in [2.75, 3.05) is 25.2 Å². The molecule has 3 aromatic carbocycles. The van der Waals surface area contributed by atoms with Gasteiger partial charge in [0.25, 0.3) is 0 Å². The number of aryl methyl sites for hydroxylation is 1. The van der Waals surface area contributed by atoms with Crippen molar-refractivity contribution in [2.24, 2.45) is 0 Å². The molecule has 1 saturated heterocycles. The molecule has 2 atom stereocenters. The first-order chi connectivity index (χ1) is 17.7. The Hall–Kier alpha value is -3.75. The Morgan fingerprint density at radius 2 is 1.86 bits per heavy atom.